The lowest BCUT2D eigenvalue weighted by molar-refractivity contribution is -0.122. The molecule has 2 bridgehead atoms. The molecule has 0 spiro atoms. The number of hydrogen-bond acceptors (Lipinski definition) is 8. The molecule has 1 saturated heterocycles. The molecule has 3 aliphatic rings. The lowest BCUT2D eigenvalue weighted by Crippen LogP contribution is -2.41. The first kappa shape index (κ1) is 24.7. The summed E-state index contributed by atoms with van der Waals surface area (Å²) >= 11 is 1.51. The number of thiophene rings is 1. The Bertz CT molecular complexity index is 1440. The largest absolute Gasteiger partial charge is 0.369 e. The molecule has 4 N–H and O–H groups in total. The average molecular weight is 536 g/mol. The van der Waals surface area contributed by atoms with Crippen LogP contribution in [0.15, 0.2) is 41.8 Å². The van der Waals surface area contributed by atoms with Crippen molar-refractivity contribution in [1.82, 2.24) is 19.8 Å². The molecule has 3 heterocycles. The van der Waals surface area contributed by atoms with E-state index in [2.05, 4.69) is 37.7 Å². The summed E-state index contributed by atoms with van der Waals surface area (Å²) in [6.45, 7) is 1.20. The number of hydrogen-bond donors (Lipinski definition) is 3. The molecule has 11 heteroatoms. The Labute approximate surface area is 223 Å². The maximum atomic E-state index is 15.1. The zero-order valence-corrected chi connectivity index (χ0v) is 22.0. The van der Waals surface area contributed by atoms with Gasteiger partial charge in [-0.2, -0.15) is 4.98 Å². The fraction of sp³-hybridized carbons (Fsp3) is 0.407. The number of aromatic nitrogens is 2. The maximum Gasteiger partial charge on any atom is 0.256 e. The van der Waals surface area contributed by atoms with Crippen LogP contribution in [0.3, 0.4) is 0 Å². The van der Waals surface area contributed by atoms with E-state index >= 15 is 4.39 Å². The van der Waals surface area contributed by atoms with Crippen LogP contribution in [-0.4, -0.2) is 70.9 Å². The van der Waals surface area contributed by atoms with Gasteiger partial charge >= 0.3 is 0 Å². The molecule has 2 amide bonds. The number of carbonyl (C=O) groups is 2. The van der Waals surface area contributed by atoms with Crippen molar-refractivity contribution in [3.63, 3.8) is 0 Å². The van der Waals surface area contributed by atoms with Crippen LogP contribution in [-0.2, 0) is 4.79 Å². The highest BCUT2D eigenvalue weighted by Crippen LogP contribution is 2.45. The van der Waals surface area contributed by atoms with E-state index in [1.807, 2.05) is 25.5 Å². The second-order valence-electron chi connectivity index (χ2n) is 10.6. The fourth-order valence-corrected chi connectivity index (χ4v) is 6.78. The van der Waals surface area contributed by atoms with Crippen molar-refractivity contribution in [3.05, 3.63) is 53.2 Å². The minimum atomic E-state index is -0.596. The summed E-state index contributed by atoms with van der Waals surface area (Å²) in [6, 6.07) is 6.49. The second kappa shape index (κ2) is 9.63. The van der Waals surface area contributed by atoms with Gasteiger partial charge < -0.3 is 26.2 Å². The number of nitrogens with two attached hydrogens (primary N) is 1. The summed E-state index contributed by atoms with van der Waals surface area (Å²) in [5.41, 5.74) is 6.96. The van der Waals surface area contributed by atoms with Crippen LogP contribution in [0.5, 0.6) is 0 Å². The van der Waals surface area contributed by atoms with Crippen LogP contribution in [0.25, 0.3) is 10.2 Å². The van der Waals surface area contributed by atoms with Crippen LogP contribution in [0.1, 0.15) is 23.2 Å². The van der Waals surface area contributed by atoms with Gasteiger partial charge in [0.05, 0.1) is 21.7 Å². The number of halogens is 1. The highest BCUT2D eigenvalue weighted by atomic mass is 32.1. The van der Waals surface area contributed by atoms with Crippen molar-refractivity contribution in [2.75, 3.05) is 37.8 Å². The molecule has 4 unspecified atom stereocenters. The van der Waals surface area contributed by atoms with Gasteiger partial charge in [0.1, 0.15) is 11.6 Å². The second-order valence-corrected chi connectivity index (χ2v) is 11.5. The predicted molar refractivity (Wildman–Crippen MR) is 146 cm³/mol. The molecule has 3 aromatic rings. The Morgan fingerprint density at radius 3 is 2.74 bits per heavy atom. The van der Waals surface area contributed by atoms with E-state index in [4.69, 9.17) is 5.73 Å². The third kappa shape index (κ3) is 4.39. The summed E-state index contributed by atoms with van der Waals surface area (Å²) < 4.78 is 15.9. The maximum absolute atomic E-state index is 15.1. The van der Waals surface area contributed by atoms with Crippen molar-refractivity contribution >= 4 is 50.8 Å². The molecule has 9 nitrogen and oxygen atoms in total. The monoisotopic (exact) mass is 535 g/mol. The van der Waals surface area contributed by atoms with Crippen LogP contribution in [0, 0.1) is 23.6 Å². The number of nitrogens with zero attached hydrogens (tertiary/aromatic N) is 4. The number of likely N-dealkylation sites (N-methyl/N-ethyl adjacent to an activating group) is 1. The fourth-order valence-electron chi connectivity index (χ4n) is 6.00. The Balaban J connectivity index is 1.22. The molecule has 0 radical (unpaired) electrons. The molecule has 38 heavy (non-hydrogen) atoms. The minimum Gasteiger partial charge on any atom is -0.369 e. The van der Waals surface area contributed by atoms with Crippen LogP contribution >= 0.6 is 11.3 Å². The van der Waals surface area contributed by atoms with Crippen LogP contribution in [0.2, 0.25) is 0 Å². The first-order valence-electron chi connectivity index (χ1n) is 12.8. The molecule has 2 fully saturated rings. The minimum absolute atomic E-state index is 0.0494. The van der Waals surface area contributed by atoms with Crippen molar-refractivity contribution in [3.8, 4) is 0 Å². The number of carbonyl (C=O) groups excluding carboxylic acids is 2. The first-order chi connectivity index (χ1) is 18.3. The topological polar surface area (TPSA) is 116 Å². The van der Waals surface area contributed by atoms with Gasteiger partial charge in [-0.1, -0.05) is 12.2 Å². The number of primary amides is 1. The number of amides is 2. The molecule has 2 aliphatic carbocycles. The zero-order valence-electron chi connectivity index (χ0n) is 21.2. The van der Waals surface area contributed by atoms with Crippen molar-refractivity contribution < 1.29 is 14.0 Å². The molecular formula is C27H30FN7O2S. The van der Waals surface area contributed by atoms with E-state index in [-0.39, 0.29) is 47.2 Å². The molecule has 2 aromatic heterocycles. The third-order valence-corrected chi connectivity index (χ3v) is 8.94. The summed E-state index contributed by atoms with van der Waals surface area (Å²) in [7, 11) is 3.97. The van der Waals surface area contributed by atoms with Crippen molar-refractivity contribution in [1.29, 1.82) is 0 Å². The van der Waals surface area contributed by atoms with Gasteiger partial charge in [-0.05, 0) is 68.4 Å². The Morgan fingerprint density at radius 1 is 1.18 bits per heavy atom. The van der Waals surface area contributed by atoms with E-state index in [9.17, 15) is 9.59 Å². The standard InChI is InChI=1S/C27H30FN7O2S/c1-34(2)17-7-9-35(13-17)26(37)18-6-5-16(12-19(18)28)30-27-31-20-8-10-38-23(20)25(33-27)32-22-15-4-3-14(11-15)21(22)24(29)36/h3-6,8,10,12,14-15,17,21-22H,7,9,11,13H2,1-2H3,(H2,29,36)(H2,30,31,32,33)/t14?,15?,17-,21?,22?/m1/s1. The Hall–Kier alpha value is -3.57. The first-order valence-corrected chi connectivity index (χ1v) is 13.7. The van der Waals surface area contributed by atoms with Crippen LogP contribution < -0.4 is 16.4 Å². The number of benzene rings is 1. The number of nitrogens with one attached hydrogen (secondary N) is 2. The summed E-state index contributed by atoms with van der Waals surface area (Å²) in [5.74, 6) is -0.250. The lowest BCUT2D eigenvalue weighted by atomic mass is 9.88. The zero-order chi connectivity index (χ0) is 26.6. The van der Waals surface area contributed by atoms with Crippen molar-refractivity contribution in [2.24, 2.45) is 23.5 Å². The molecule has 1 saturated carbocycles. The molecule has 198 valence electrons. The number of rotatable bonds is 7. The number of fused-ring (bicyclic) bond motifs is 3. The summed E-state index contributed by atoms with van der Waals surface area (Å²) in [4.78, 5) is 38.2. The van der Waals surface area contributed by atoms with E-state index in [1.165, 1.54) is 23.5 Å². The summed E-state index contributed by atoms with van der Waals surface area (Å²) in [6.07, 6.45) is 5.99. The van der Waals surface area contributed by atoms with Gasteiger partial charge in [-0.15, -0.1) is 11.3 Å². The molecular weight excluding hydrogens is 505 g/mol. The van der Waals surface area contributed by atoms with Gasteiger partial charge in [-0.25, -0.2) is 9.37 Å². The van der Waals surface area contributed by atoms with Gasteiger partial charge in [0.2, 0.25) is 11.9 Å². The highest BCUT2D eigenvalue weighted by Gasteiger charge is 2.47. The number of anilines is 3. The summed E-state index contributed by atoms with van der Waals surface area (Å²) in [5, 5.41) is 8.49. The highest BCUT2D eigenvalue weighted by molar-refractivity contribution is 7.17. The van der Waals surface area contributed by atoms with E-state index in [0.29, 0.717) is 30.5 Å². The Kier molecular flexibility index (Phi) is 6.27. The third-order valence-electron chi connectivity index (χ3n) is 8.03. The predicted octanol–water partition coefficient (Wildman–Crippen LogP) is 3.44. The molecule has 5 atom stereocenters. The van der Waals surface area contributed by atoms with Crippen molar-refractivity contribution in [2.45, 2.75) is 24.9 Å². The molecule has 1 aromatic carbocycles. The van der Waals surface area contributed by atoms with Gasteiger partial charge in [0, 0.05) is 30.9 Å². The Morgan fingerprint density at radius 2 is 2.00 bits per heavy atom. The smallest absolute Gasteiger partial charge is 0.256 e. The number of allylic oxidation sites excluding steroid dienone is 1. The van der Waals surface area contributed by atoms with E-state index in [1.54, 1.807) is 11.0 Å². The van der Waals surface area contributed by atoms with E-state index < -0.39 is 5.82 Å². The quantitative estimate of drug-likeness (QED) is 0.397. The van der Waals surface area contributed by atoms with Gasteiger partial charge in [0.15, 0.2) is 0 Å². The van der Waals surface area contributed by atoms with Gasteiger partial charge in [0.25, 0.3) is 5.91 Å². The van der Waals surface area contributed by atoms with Gasteiger partial charge in [-0.3, -0.25) is 9.59 Å². The normalized spacial score (nSPS) is 26.0. The van der Waals surface area contributed by atoms with E-state index in [0.717, 1.165) is 23.1 Å². The molecule has 6 rings (SSSR count). The average Bonchev–Trinajstić information content (AvgIpc) is 3.67. The molecule has 1 aliphatic heterocycles. The number of likely N-dealkylation sites (tertiary alicyclic amines) is 1. The van der Waals surface area contributed by atoms with Crippen LogP contribution in [0.4, 0.5) is 21.8 Å². The SMILES string of the molecule is CN(C)[C@@H]1CCN(C(=O)c2ccc(Nc3nc(NC4C5C=CC(C5)C4C(N)=O)c4sccc4n3)cc2F)C1. The lowest BCUT2D eigenvalue weighted by Gasteiger charge is -2.27.